The second-order valence-corrected chi connectivity index (χ2v) is 5.50. The Balaban J connectivity index is 1.71. The molecule has 1 nitrogen and oxygen atoms in total. The lowest BCUT2D eigenvalue weighted by Crippen LogP contribution is -2.23. The van der Waals surface area contributed by atoms with Crippen LogP contribution in [0.1, 0.15) is 12.0 Å². The molecule has 0 saturated carbocycles. The number of rotatable bonds is 6. The van der Waals surface area contributed by atoms with Crippen LogP contribution in [0.15, 0.2) is 65.6 Å². The van der Waals surface area contributed by atoms with Gasteiger partial charge in [0.2, 0.25) is 0 Å². The molecular weight excluding hydrogens is 238 g/mol. The molecule has 1 atom stereocenters. The van der Waals surface area contributed by atoms with Crippen molar-refractivity contribution in [2.24, 2.45) is 5.73 Å². The zero-order valence-electron chi connectivity index (χ0n) is 10.5. The van der Waals surface area contributed by atoms with Crippen molar-refractivity contribution < 1.29 is 0 Å². The molecule has 0 spiro atoms. The van der Waals surface area contributed by atoms with E-state index in [1.165, 1.54) is 10.5 Å². The van der Waals surface area contributed by atoms with Crippen LogP contribution in [-0.2, 0) is 6.42 Å². The lowest BCUT2D eigenvalue weighted by Gasteiger charge is -2.11. The molecule has 2 heteroatoms. The van der Waals surface area contributed by atoms with Crippen molar-refractivity contribution in [1.82, 2.24) is 0 Å². The summed E-state index contributed by atoms with van der Waals surface area (Å²) in [7, 11) is 0. The summed E-state index contributed by atoms with van der Waals surface area (Å²) in [5.41, 5.74) is 7.52. The predicted molar refractivity (Wildman–Crippen MR) is 79.9 cm³/mol. The topological polar surface area (TPSA) is 26.0 Å². The van der Waals surface area contributed by atoms with Crippen LogP contribution in [0.2, 0.25) is 0 Å². The largest absolute Gasteiger partial charge is 0.327 e. The van der Waals surface area contributed by atoms with E-state index in [1.54, 1.807) is 0 Å². The summed E-state index contributed by atoms with van der Waals surface area (Å²) in [6.45, 7) is 0. The fraction of sp³-hybridized carbons (Fsp3) is 0.250. The van der Waals surface area contributed by atoms with Crippen LogP contribution in [0.4, 0.5) is 0 Å². The fourth-order valence-electron chi connectivity index (χ4n) is 1.80. The van der Waals surface area contributed by atoms with Crippen LogP contribution in [0, 0.1) is 0 Å². The van der Waals surface area contributed by atoms with E-state index >= 15 is 0 Å². The highest BCUT2D eigenvalue weighted by Gasteiger charge is 2.04. The smallest absolute Gasteiger partial charge is 0.0137 e. The van der Waals surface area contributed by atoms with Crippen molar-refractivity contribution in [3.8, 4) is 0 Å². The van der Waals surface area contributed by atoms with Gasteiger partial charge in [-0.3, -0.25) is 0 Å². The average molecular weight is 257 g/mol. The third-order valence-electron chi connectivity index (χ3n) is 2.85. The van der Waals surface area contributed by atoms with Gasteiger partial charge in [0.25, 0.3) is 0 Å². The Morgan fingerprint density at radius 1 is 0.889 bits per heavy atom. The van der Waals surface area contributed by atoms with E-state index in [4.69, 9.17) is 5.73 Å². The SMILES string of the molecule is NC(CCc1ccccc1)CSc1ccccc1. The average Bonchev–Trinajstić information content (AvgIpc) is 2.45. The summed E-state index contributed by atoms with van der Waals surface area (Å²) in [4.78, 5) is 1.30. The highest BCUT2D eigenvalue weighted by atomic mass is 32.2. The zero-order valence-corrected chi connectivity index (χ0v) is 11.3. The van der Waals surface area contributed by atoms with Crippen molar-refractivity contribution >= 4 is 11.8 Å². The molecule has 2 rings (SSSR count). The molecule has 2 aromatic rings. The number of nitrogens with two attached hydrogens (primary N) is 1. The van der Waals surface area contributed by atoms with Crippen LogP contribution in [0.5, 0.6) is 0 Å². The minimum atomic E-state index is 0.260. The van der Waals surface area contributed by atoms with E-state index in [0.29, 0.717) is 0 Å². The molecule has 0 aliphatic carbocycles. The van der Waals surface area contributed by atoms with Gasteiger partial charge in [-0.25, -0.2) is 0 Å². The molecule has 0 aliphatic heterocycles. The number of aryl methyl sites for hydroxylation is 1. The number of hydrogen-bond donors (Lipinski definition) is 1. The lowest BCUT2D eigenvalue weighted by atomic mass is 10.1. The number of benzene rings is 2. The molecule has 0 saturated heterocycles. The Labute approximate surface area is 113 Å². The molecule has 0 fully saturated rings. The van der Waals surface area contributed by atoms with E-state index in [2.05, 4.69) is 54.6 Å². The van der Waals surface area contributed by atoms with Crippen LogP contribution in [0.25, 0.3) is 0 Å². The van der Waals surface area contributed by atoms with Crippen LogP contribution in [-0.4, -0.2) is 11.8 Å². The number of hydrogen-bond acceptors (Lipinski definition) is 2. The van der Waals surface area contributed by atoms with Crippen LogP contribution >= 0.6 is 11.8 Å². The Morgan fingerprint density at radius 2 is 1.50 bits per heavy atom. The second kappa shape index (κ2) is 7.24. The Bertz CT molecular complexity index is 398. The first-order chi connectivity index (χ1) is 8.84. The predicted octanol–water partition coefficient (Wildman–Crippen LogP) is 3.74. The minimum absolute atomic E-state index is 0.260. The fourth-order valence-corrected chi connectivity index (χ4v) is 2.72. The summed E-state index contributed by atoms with van der Waals surface area (Å²) >= 11 is 1.84. The molecule has 94 valence electrons. The summed E-state index contributed by atoms with van der Waals surface area (Å²) < 4.78 is 0. The van der Waals surface area contributed by atoms with Crippen molar-refractivity contribution in [2.45, 2.75) is 23.8 Å². The van der Waals surface area contributed by atoms with E-state index in [0.717, 1.165) is 18.6 Å². The highest BCUT2D eigenvalue weighted by Crippen LogP contribution is 2.18. The zero-order chi connectivity index (χ0) is 12.6. The van der Waals surface area contributed by atoms with E-state index in [-0.39, 0.29) is 6.04 Å². The van der Waals surface area contributed by atoms with E-state index in [1.807, 2.05) is 17.8 Å². The summed E-state index contributed by atoms with van der Waals surface area (Å²) in [5, 5.41) is 0. The lowest BCUT2D eigenvalue weighted by molar-refractivity contribution is 0.674. The minimum Gasteiger partial charge on any atom is -0.327 e. The maximum atomic E-state index is 6.15. The maximum Gasteiger partial charge on any atom is 0.0137 e. The summed E-state index contributed by atoms with van der Waals surface area (Å²) in [5.74, 6) is 0.983. The number of thioether (sulfide) groups is 1. The van der Waals surface area contributed by atoms with Gasteiger partial charge in [-0.15, -0.1) is 11.8 Å². The molecule has 2 aromatic carbocycles. The van der Waals surface area contributed by atoms with Gasteiger partial charge in [-0.2, -0.15) is 0 Å². The normalized spacial score (nSPS) is 12.3. The first-order valence-corrected chi connectivity index (χ1v) is 7.30. The van der Waals surface area contributed by atoms with Crippen molar-refractivity contribution in [3.63, 3.8) is 0 Å². The third-order valence-corrected chi connectivity index (χ3v) is 4.05. The Kier molecular flexibility index (Phi) is 5.31. The Morgan fingerprint density at radius 3 is 2.17 bits per heavy atom. The summed E-state index contributed by atoms with van der Waals surface area (Å²) in [6, 6.07) is 21.2. The summed E-state index contributed by atoms with van der Waals surface area (Å²) in [6.07, 6.45) is 2.11. The second-order valence-electron chi connectivity index (χ2n) is 4.41. The van der Waals surface area contributed by atoms with Gasteiger partial charge in [0.05, 0.1) is 0 Å². The molecule has 0 heterocycles. The third kappa shape index (κ3) is 4.55. The first kappa shape index (κ1) is 13.2. The van der Waals surface area contributed by atoms with Gasteiger partial charge in [0, 0.05) is 16.7 Å². The molecule has 0 aliphatic rings. The standard InChI is InChI=1S/C16H19NS/c17-15(12-11-14-7-3-1-4-8-14)13-18-16-9-5-2-6-10-16/h1-10,15H,11-13,17H2. The molecule has 2 N–H and O–H groups in total. The maximum absolute atomic E-state index is 6.15. The molecule has 0 amide bonds. The highest BCUT2D eigenvalue weighted by molar-refractivity contribution is 7.99. The van der Waals surface area contributed by atoms with Gasteiger partial charge in [-0.05, 0) is 30.5 Å². The monoisotopic (exact) mass is 257 g/mol. The first-order valence-electron chi connectivity index (χ1n) is 6.32. The molecule has 0 aromatic heterocycles. The molecule has 1 unspecified atom stereocenters. The Hall–Kier alpha value is -1.25. The van der Waals surface area contributed by atoms with Crippen LogP contribution < -0.4 is 5.73 Å². The van der Waals surface area contributed by atoms with Crippen molar-refractivity contribution in [2.75, 3.05) is 5.75 Å². The van der Waals surface area contributed by atoms with Crippen molar-refractivity contribution in [3.05, 3.63) is 66.2 Å². The van der Waals surface area contributed by atoms with Gasteiger partial charge >= 0.3 is 0 Å². The molecule has 18 heavy (non-hydrogen) atoms. The van der Waals surface area contributed by atoms with Gasteiger partial charge in [0.15, 0.2) is 0 Å². The van der Waals surface area contributed by atoms with E-state index in [9.17, 15) is 0 Å². The molecular formula is C16H19NS. The van der Waals surface area contributed by atoms with Gasteiger partial charge in [0.1, 0.15) is 0 Å². The van der Waals surface area contributed by atoms with Crippen molar-refractivity contribution in [1.29, 1.82) is 0 Å². The molecule has 0 bridgehead atoms. The van der Waals surface area contributed by atoms with Crippen LogP contribution in [0.3, 0.4) is 0 Å². The quantitative estimate of drug-likeness (QED) is 0.798. The van der Waals surface area contributed by atoms with Gasteiger partial charge in [-0.1, -0.05) is 48.5 Å². The molecule has 0 radical (unpaired) electrons. The van der Waals surface area contributed by atoms with E-state index < -0.39 is 0 Å². The van der Waals surface area contributed by atoms with Gasteiger partial charge < -0.3 is 5.73 Å².